The van der Waals surface area contributed by atoms with Crippen molar-refractivity contribution in [2.45, 2.75) is 117 Å². The molecular weight excluding hydrogens is 400 g/mol. The van der Waals surface area contributed by atoms with Crippen LogP contribution in [0.3, 0.4) is 0 Å². The van der Waals surface area contributed by atoms with Gasteiger partial charge in [-0.1, -0.05) is 13.8 Å². The van der Waals surface area contributed by atoms with Gasteiger partial charge < -0.3 is 8.85 Å². The van der Waals surface area contributed by atoms with Gasteiger partial charge in [0.05, 0.1) is 6.10 Å². The highest BCUT2D eigenvalue weighted by Gasteiger charge is 2.65. The first-order chi connectivity index (χ1) is 13.8. The standard InChI is InChI=1S/C26H48O2Si2/c1-25-12-11-21-19(20(25)9-10-24(25)28-30(6,7)8)15-23(27-29(3,4)5)22-14-17-13-18(17)16-26(21,22)2/h17-24H,9-16H2,1-8H3/t17-,18+,19?,20?,21?,22+,23-,24-,25-,26+/m0/s1. The predicted molar refractivity (Wildman–Crippen MR) is 131 cm³/mol. The lowest BCUT2D eigenvalue weighted by molar-refractivity contribution is -0.158. The van der Waals surface area contributed by atoms with Crippen LogP contribution < -0.4 is 0 Å². The summed E-state index contributed by atoms with van der Waals surface area (Å²) in [6, 6.07) is 0. The Kier molecular flexibility index (Phi) is 5.12. The molecule has 5 aliphatic carbocycles. The van der Waals surface area contributed by atoms with Gasteiger partial charge in [-0.2, -0.15) is 0 Å². The molecule has 0 aromatic carbocycles. The van der Waals surface area contributed by atoms with E-state index in [4.69, 9.17) is 8.85 Å². The van der Waals surface area contributed by atoms with Crippen LogP contribution in [0.5, 0.6) is 0 Å². The molecule has 0 bridgehead atoms. The molecule has 30 heavy (non-hydrogen) atoms. The van der Waals surface area contributed by atoms with Crippen LogP contribution in [0.1, 0.15) is 65.2 Å². The molecule has 0 saturated heterocycles. The highest BCUT2D eigenvalue weighted by atomic mass is 28.4. The highest BCUT2D eigenvalue weighted by molar-refractivity contribution is 6.70. The number of hydrogen-bond donors (Lipinski definition) is 0. The Bertz CT molecular complexity index is 682. The molecule has 172 valence electrons. The average molecular weight is 449 g/mol. The summed E-state index contributed by atoms with van der Waals surface area (Å²) in [5, 5.41) is 0. The van der Waals surface area contributed by atoms with Crippen LogP contribution in [0.25, 0.3) is 0 Å². The Morgan fingerprint density at radius 2 is 1.33 bits per heavy atom. The lowest BCUT2D eigenvalue weighted by Gasteiger charge is -2.62. The molecule has 0 heterocycles. The van der Waals surface area contributed by atoms with E-state index in [1.54, 1.807) is 0 Å². The van der Waals surface area contributed by atoms with E-state index < -0.39 is 16.6 Å². The Labute approximate surface area is 188 Å². The minimum atomic E-state index is -1.54. The van der Waals surface area contributed by atoms with Gasteiger partial charge in [0.15, 0.2) is 16.6 Å². The Hall–Kier alpha value is 0.354. The quantitative estimate of drug-likeness (QED) is 0.419. The first kappa shape index (κ1) is 22.2. The maximum absolute atomic E-state index is 7.03. The van der Waals surface area contributed by atoms with Crippen LogP contribution in [0.4, 0.5) is 0 Å². The zero-order valence-electron chi connectivity index (χ0n) is 21.1. The van der Waals surface area contributed by atoms with E-state index in [1.165, 1.54) is 51.4 Å². The molecule has 0 aromatic heterocycles. The van der Waals surface area contributed by atoms with Gasteiger partial charge in [-0.3, -0.25) is 0 Å². The summed E-state index contributed by atoms with van der Waals surface area (Å²) in [5.41, 5.74) is 0.940. The minimum absolute atomic E-state index is 0.408. The van der Waals surface area contributed by atoms with Crippen molar-refractivity contribution in [2.75, 3.05) is 0 Å². The largest absolute Gasteiger partial charge is 0.414 e. The molecule has 0 radical (unpaired) electrons. The van der Waals surface area contributed by atoms with E-state index >= 15 is 0 Å². The lowest BCUT2D eigenvalue weighted by atomic mass is 9.44. The monoisotopic (exact) mass is 448 g/mol. The van der Waals surface area contributed by atoms with Crippen LogP contribution in [0.2, 0.25) is 39.3 Å². The summed E-state index contributed by atoms with van der Waals surface area (Å²) in [4.78, 5) is 0. The van der Waals surface area contributed by atoms with Crippen LogP contribution >= 0.6 is 0 Å². The Morgan fingerprint density at radius 1 is 0.667 bits per heavy atom. The molecule has 0 aromatic rings. The van der Waals surface area contributed by atoms with Crippen molar-refractivity contribution in [3.8, 4) is 0 Å². The Morgan fingerprint density at radius 3 is 2.00 bits per heavy atom. The molecule has 5 aliphatic rings. The third kappa shape index (κ3) is 3.64. The summed E-state index contributed by atoms with van der Waals surface area (Å²) >= 11 is 0. The summed E-state index contributed by atoms with van der Waals surface area (Å²) in [6.45, 7) is 19.7. The third-order valence-corrected chi connectivity index (χ3v) is 12.3. The molecule has 5 fully saturated rings. The van der Waals surface area contributed by atoms with Crippen molar-refractivity contribution < 1.29 is 8.85 Å². The smallest absolute Gasteiger partial charge is 0.184 e. The van der Waals surface area contributed by atoms with E-state index in [2.05, 4.69) is 53.1 Å². The maximum Gasteiger partial charge on any atom is 0.184 e. The summed E-state index contributed by atoms with van der Waals surface area (Å²) in [5.74, 6) is 5.60. The van der Waals surface area contributed by atoms with Crippen molar-refractivity contribution >= 4 is 16.6 Å². The van der Waals surface area contributed by atoms with E-state index in [-0.39, 0.29) is 0 Å². The fourth-order valence-corrected chi connectivity index (χ4v) is 11.6. The van der Waals surface area contributed by atoms with Crippen molar-refractivity contribution in [2.24, 2.45) is 46.3 Å². The fourth-order valence-electron chi connectivity index (χ4n) is 9.19. The van der Waals surface area contributed by atoms with Crippen molar-refractivity contribution in [1.82, 2.24) is 0 Å². The predicted octanol–water partition coefficient (Wildman–Crippen LogP) is 7.33. The second-order valence-electron chi connectivity index (χ2n) is 14.5. The van der Waals surface area contributed by atoms with Crippen LogP contribution in [0.15, 0.2) is 0 Å². The molecule has 4 heteroatoms. The SMILES string of the molecule is C[C@]12CCC3C(C[C@H](O[Si](C)(C)C)[C@H]4C[C@@H]5C[C@@H]5C[C@]34C)C1CC[C@@H]2O[Si](C)(C)C. The van der Waals surface area contributed by atoms with Crippen LogP contribution in [-0.2, 0) is 8.85 Å². The molecule has 0 aliphatic heterocycles. The maximum atomic E-state index is 7.03. The van der Waals surface area contributed by atoms with Crippen molar-refractivity contribution in [3.63, 3.8) is 0 Å². The second kappa shape index (κ2) is 6.93. The molecular formula is C26H48O2Si2. The van der Waals surface area contributed by atoms with Crippen molar-refractivity contribution in [1.29, 1.82) is 0 Å². The molecule has 0 amide bonds. The van der Waals surface area contributed by atoms with E-state index in [0.29, 0.717) is 23.0 Å². The number of fused-ring (bicyclic) bond motifs is 6. The van der Waals surface area contributed by atoms with Gasteiger partial charge in [0.25, 0.3) is 0 Å². The number of rotatable bonds is 4. The lowest BCUT2D eigenvalue weighted by Crippen LogP contribution is -2.59. The molecule has 5 rings (SSSR count). The molecule has 0 N–H and O–H groups in total. The van der Waals surface area contributed by atoms with Gasteiger partial charge in [-0.15, -0.1) is 0 Å². The average Bonchev–Trinajstić information content (AvgIpc) is 3.25. The molecule has 2 nitrogen and oxygen atoms in total. The minimum Gasteiger partial charge on any atom is -0.414 e. The Balaban J connectivity index is 1.45. The van der Waals surface area contributed by atoms with Gasteiger partial charge >= 0.3 is 0 Å². The summed E-state index contributed by atoms with van der Waals surface area (Å²) in [7, 11) is -3.04. The molecule has 10 atom stereocenters. The molecule has 0 spiro atoms. The summed E-state index contributed by atoms with van der Waals surface area (Å²) in [6.07, 6.45) is 12.5. The fraction of sp³-hybridized carbons (Fsp3) is 1.00. The third-order valence-electron chi connectivity index (χ3n) is 10.3. The second-order valence-corrected chi connectivity index (χ2v) is 23.5. The van der Waals surface area contributed by atoms with E-state index in [0.717, 1.165) is 35.5 Å². The normalized spacial score (nSPS) is 52.8. The van der Waals surface area contributed by atoms with Crippen LogP contribution in [0, 0.1) is 46.3 Å². The van der Waals surface area contributed by atoms with Gasteiger partial charge in [0.2, 0.25) is 0 Å². The van der Waals surface area contributed by atoms with Crippen LogP contribution in [-0.4, -0.2) is 28.8 Å². The van der Waals surface area contributed by atoms with Gasteiger partial charge in [0.1, 0.15) is 0 Å². The van der Waals surface area contributed by atoms with Gasteiger partial charge in [-0.05, 0) is 137 Å². The van der Waals surface area contributed by atoms with Crippen molar-refractivity contribution in [3.05, 3.63) is 0 Å². The van der Waals surface area contributed by atoms with Gasteiger partial charge in [0, 0.05) is 6.10 Å². The van der Waals surface area contributed by atoms with E-state index in [1.807, 2.05) is 0 Å². The van der Waals surface area contributed by atoms with Gasteiger partial charge in [-0.25, -0.2) is 0 Å². The topological polar surface area (TPSA) is 18.5 Å². The molecule has 3 unspecified atom stereocenters. The zero-order chi connectivity index (χ0) is 21.7. The molecule has 5 saturated carbocycles. The number of hydrogen-bond acceptors (Lipinski definition) is 2. The van der Waals surface area contributed by atoms with E-state index in [9.17, 15) is 0 Å². The first-order valence-electron chi connectivity index (χ1n) is 13.2. The first-order valence-corrected chi connectivity index (χ1v) is 20.0. The summed E-state index contributed by atoms with van der Waals surface area (Å²) < 4.78 is 13.9. The zero-order valence-corrected chi connectivity index (χ0v) is 23.1. The highest BCUT2D eigenvalue weighted by Crippen LogP contribution is 2.70.